The van der Waals surface area contributed by atoms with E-state index >= 15 is 0 Å². The number of para-hydroxylation sites is 1. The van der Waals surface area contributed by atoms with Crippen LogP contribution < -0.4 is 5.32 Å². The lowest BCUT2D eigenvalue weighted by atomic mass is 9.87. The summed E-state index contributed by atoms with van der Waals surface area (Å²) in [6.07, 6.45) is 2.32. The largest absolute Gasteiger partial charge is 0.377 e. The summed E-state index contributed by atoms with van der Waals surface area (Å²) >= 11 is 0. The molecule has 0 aromatic heterocycles. The molecule has 0 bridgehead atoms. The molecule has 2 aromatic carbocycles. The Bertz CT molecular complexity index is 853. The molecular formula is C17H16F3NO2S. The topological polar surface area (TPSA) is 46.2 Å². The van der Waals surface area contributed by atoms with Gasteiger partial charge in [0.15, 0.2) is 0 Å². The summed E-state index contributed by atoms with van der Waals surface area (Å²) in [6, 6.07) is 9.75. The van der Waals surface area contributed by atoms with Crippen LogP contribution in [0.2, 0.25) is 0 Å². The molecule has 24 heavy (non-hydrogen) atoms. The Morgan fingerprint density at radius 2 is 1.88 bits per heavy atom. The molecule has 1 atom stereocenters. The van der Waals surface area contributed by atoms with Gasteiger partial charge in [-0.3, -0.25) is 0 Å². The van der Waals surface area contributed by atoms with Gasteiger partial charge >= 0.3 is 5.76 Å². The van der Waals surface area contributed by atoms with Crippen LogP contribution >= 0.6 is 0 Å². The monoisotopic (exact) mass is 355 g/mol. The first-order valence-corrected chi connectivity index (χ1v) is 9.10. The fraction of sp³-hybridized carbons (Fsp3) is 0.294. The second kappa shape index (κ2) is 6.47. The Labute approximate surface area is 138 Å². The number of anilines is 1. The molecule has 7 heteroatoms. The molecule has 0 aliphatic heterocycles. The minimum atomic E-state index is -4.71. The number of hydrogen-bond acceptors (Lipinski definition) is 3. The highest BCUT2D eigenvalue weighted by Gasteiger charge is 2.30. The van der Waals surface area contributed by atoms with Gasteiger partial charge < -0.3 is 5.32 Å². The van der Waals surface area contributed by atoms with E-state index in [1.165, 1.54) is 24.3 Å². The zero-order chi connectivity index (χ0) is 17.3. The Balaban J connectivity index is 1.99. The maximum atomic E-state index is 13.6. The van der Waals surface area contributed by atoms with Crippen LogP contribution in [0.3, 0.4) is 0 Å². The highest BCUT2D eigenvalue weighted by molar-refractivity contribution is 7.91. The minimum Gasteiger partial charge on any atom is -0.377 e. The highest BCUT2D eigenvalue weighted by atomic mass is 32.2. The summed E-state index contributed by atoms with van der Waals surface area (Å²) in [7, 11) is -4.71. The van der Waals surface area contributed by atoms with Gasteiger partial charge in [0.25, 0.3) is 0 Å². The van der Waals surface area contributed by atoms with Crippen molar-refractivity contribution >= 4 is 15.5 Å². The molecule has 2 aromatic rings. The number of benzene rings is 2. The van der Waals surface area contributed by atoms with Crippen molar-refractivity contribution < 1.29 is 21.6 Å². The maximum absolute atomic E-state index is 13.6. The van der Waals surface area contributed by atoms with Gasteiger partial charge in [-0.1, -0.05) is 18.2 Å². The molecule has 1 N–H and O–H groups in total. The first-order chi connectivity index (χ1) is 11.4. The fourth-order valence-electron chi connectivity index (χ4n) is 3.04. The molecule has 0 fully saturated rings. The lowest BCUT2D eigenvalue weighted by Crippen LogP contribution is -2.20. The average Bonchev–Trinajstić information content (AvgIpc) is 2.55. The van der Waals surface area contributed by atoms with Gasteiger partial charge in [-0.2, -0.15) is 8.78 Å². The molecular weight excluding hydrogens is 339 g/mol. The zero-order valence-corrected chi connectivity index (χ0v) is 13.5. The summed E-state index contributed by atoms with van der Waals surface area (Å²) < 4.78 is 63.0. The van der Waals surface area contributed by atoms with E-state index in [0.29, 0.717) is 6.42 Å². The number of nitrogens with one attached hydrogen (secondary N) is 1. The van der Waals surface area contributed by atoms with Crippen LogP contribution in [-0.4, -0.2) is 14.2 Å². The number of halogens is 3. The van der Waals surface area contributed by atoms with Crippen molar-refractivity contribution in [3.8, 4) is 0 Å². The van der Waals surface area contributed by atoms with E-state index in [0.717, 1.165) is 30.0 Å². The fourth-order valence-corrected chi connectivity index (χ4v) is 3.93. The molecule has 1 aliphatic carbocycles. The van der Waals surface area contributed by atoms with Crippen molar-refractivity contribution in [3.05, 3.63) is 59.4 Å². The first-order valence-electron chi connectivity index (χ1n) is 7.55. The quantitative estimate of drug-likeness (QED) is 0.889. The maximum Gasteiger partial charge on any atom is 0.341 e. The number of fused-ring (bicyclic) bond motifs is 1. The lowest BCUT2D eigenvalue weighted by molar-refractivity contribution is 0.235. The third-order valence-electron chi connectivity index (χ3n) is 4.18. The summed E-state index contributed by atoms with van der Waals surface area (Å²) in [4.78, 5) is -0.441. The highest BCUT2D eigenvalue weighted by Crippen LogP contribution is 2.35. The number of rotatable bonds is 4. The number of sulfone groups is 1. The molecule has 1 unspecified atom stereocenters. The molecule has 0 amide bonds. The van der Waals surface area contributed by atoms with Gasteiger partial charge in [0.2, 0.25) is 9.84 Å². The van der Waals surface area contributed by atoms with E-state index in [1.54, 1.807) is 12.1 Å². The smallest absolute Gasteiger partial charge is 0.341 e. The van der Waals surface area contributed by atoms with Gasteiger partial charge in [-0.05, 0) is 54.7 Å². The SMILES string of the molecule is O=S(=O)(c1ccccc1NC1CCCc2ccc(F)cc21)C(F)F. The molecule has 128 valence electrons. The Morgan fingerprint density at radius 1 is 1.12 bits per heavy atom. The zero-order valence-electron chi connectivity index (χ0n) is 12.7. The van der Waals surface area contributed by atoms with Crippen molar-refractivity contribution in [2.24, 2.45) is 0 Å². The van der Waals surface area contributed by atoms with Crippen LogP contribution in [0.1, 0.15) is 30.0 Å². The van der Waals surface area contributed by atoms with Gasteiger partial charge in [-0.25, -0.2) is 12.8 Å². The second-order valence-corrected chi connectivity index (χ2v) is 7.62. The van der Waals surface area contributed by atoms with E-state index in [2.05, 4.69) is 5.32 Å². The average molecular weight is 355 g/mol. The molecule has 1 aliphatic rings. The van der Waals surface area contributed by atoms with Crippen molar-refractivity contribution in [2.45, 2.75) is 36.0 Å². The third-order valence-corrected chi connectivity index (χ3v) is 5.62. The van der Waals surface area contributed by atoms with E-state index in [1.807, 2.05) is 0 Å². The number of hydrogen-bond donors (Lipinski definition) is 1. The second-order valence-electron chi connectivity index (χ2n) is 5.73. The van der Waals surface area contributed by atoms with Crippen molar-refractivity contribution in [2.75, 3.05) is 5.32 Å². The van der Waals surface area contributed by atoms with Gasteiger partial charge in [0.05, 0.1) is 16.6 Å². The first kappa shape index (κ1) is 16.8. The summed E-state index contributed by atoms with van der Waals surface area (Å²) in [5.74, 6) is -3.87. The Morgan fingerprint density at radius 3 is 2.62 bits per heavy atom. The van der Waals surface area contributed by atoms with E-state index in [-0.39, 0.29) is 17.5 Å². The molecule has 3 nitrogen and oxygen atoms in total. The predicted molar refractivity (Wildman–Crippen MR) is 85.3 cm³/mol. The Kier molecular flexibility index (Phi) is 4.54. The standard InChI is InChI=1S/C17H16F3NO2S/c18-12-9-8-11-4-3-6-14(13(11)10-12)21-15-5-1-2-7-16(15)24(22,23)17(19)20/h1-2,5,7-10,14,17,21H,3-4,6H2. The number of aryl methyl sites for hydroxylation is 1. The minimum absolute atomic E-state index is 0.111. The van der Waals surface area contributed by atoms with Crippen LogP contribution in [-0.2, 0) is 16.3 Å². The summed E-state index contributed by atoms with van der Waals surface area (Å²) in [5, 5.41) is 3.01. The van der Waals surface area contributed by atoms with E-state index in [4.69, 9.17) is 0 Å². The summed E-state index contributed by atoms with van der Waals surface area (Å²) in [6.45, 7) is 0. The van der Waals surface area contributed by atoms with Crippen LogP contribution in [0.4, 0.5) is 18.9 Å². The van der Waals surface area contributed by atoms with E-state index < -0.39 is 20.5 Å². The Hall–Kier alpha value is -2.02. The van der Waals surface area contributed by atoms with Crippen molar-refractivity contribution in [1.82, 2.24) is 0 Å². The van der Waals surface area contributed by atoms with Crippen LogP contribution in [0, 0.1) is 5.82 Å². The van der Waals surface area contributed by atoms with Crippen LogP contribution in [0.25, 0.3) is 0 Å². The number of alkyl halides is 2. The normalized spacial score (nSPS) is 17.6. The molecule has 0 saturated heterocycles. The molecule has 0 saturated carbocycles. The van der Waals surface area contributed by atoms with Crippen LogP contribution in [0.15, 0.2) is 47.4 Å². The van der Waals surface area contributed by atoms with Crippen molar-refractivity contribution in [3.63, 3.8) is 0 Å². The lowest BCUT2D eigenvalue weighted by Gasteiger charge is -2.28. The van der Waals surface area contributed by atoms with E-state index in [9.17, 15) is 21.6 Å². The molecule has 3 rings (SSSR count). The van der Waals surface area contributed by atoms with Crippen LogP contribution in [0.5, 0.6) is 0 Å². The molecule has 0 radical (unpaired) electrons. The molecule has 0 heterocycles. The predicted octanol–water partition coefficient (Wildman–Crippen LogP) is 4.31. The summed E-state index contributed by atoms with van der Waals surface area (Å²) in [5.41, 5.74) is 1.83. The van der Waals surface area contributed by atoms with Gasteiger partial charge in [0.1, 0.15) is 5.82 Å². The van der Waals surface area contributed by atoms with Gasteiger partial charge in [0, 0.05) is 0 Å². The van der Waals surface area contributed by atoms with Gasteiger partial charge in [-0.15, -0.1) is 0 Å². The third kappa shape index (κ3) is 3.13. The van der Waals surface area contributed by atoms with Crippen molar-refractivity contribution in [1.29, 1.82) is 0 Å². The molecule has 0 spiro atoms.